The monoisotopic (exact) mass is 357 g/mol. The largest absolute Gasteiger partial charge is 0.508 e. The molecule has 5 nitrogen and oxygen atoms in total. The fourth-order valence-corrected chi connectivity index (χ4v) is 3.93. The average molecular weight is 357 g/mol. The highest BCUT2D eigenvalue weighted by molar-refractivity contribution is 8.00. The molecule has 25 heavy (non-hydrogen) atoms. The van der Waals surface area contributed by atoms with Gasteiger partial charge in [-0.3, -0.25) is 4.79 Å². The van der Waals surface area contributed by atoms with Gasteiger partial charge in [-0.25, -0.2) is 0 Å². The standard InChI is InChI=1S/C19H19NO4S/c21-15-2-1-13-5-6-20(11-14(13)9-15)19(22)12-25-16-3-4-17-18(10-16)24-8-7-23-17/h1-4,9-10,21H,5-8,11-12H2. The van der Waals surface area contributed by atoms with Crippen LogP contribution < -0.4 is 9.47 Å². The van der Waals surface area contributed by atoms with E-state index in [2.05, 4.69) is 0 Å². The van der Waals surface area contributed by atoms with E-state index in [9.17, 15) is 9.90 Å². The summed E-state index contributed by atoms with van der Waals surface area (Å²) in [4.78, 5) is 15.4. The van der Waals surface area contributed by atoms with Gasteiger partial charge >= 0.3 is 0 Å². The van der Waals surface area contributed by atoms with E-state index in [4.69, 9.17) is 9.47 Å². The van der Waals surface area contributed by atoms with Crippen molar-refractivity contribution in [3.63, 3.8) is 0 Å². The van der Waals surface area contributed by atoms with Gasteiger partial charge in [0.15, 0.2) is 11.5 Å². The van der Waals surface area contributed by atoms with Crippen LogP contribution in [0.1, 0.15) is 11.1 Å². The topological polar surface area (TPSA) is 59.0 Å². The number of phenols is 1. The Morgan fingerprint density at radius 1 is 1.08 bits per heavy atom. The maximum absolute atomic E-state index is 12.5. The highest BCUT2D eigenvalue weighted by Crippen LogP contribution is 2.34. The maximum Gasteiger partial charge on any atom is 0.233 e. The van der Waals surface area contributed by atoms with Crippen LogP contribution in [0, 0.1) is 0 Å². The Labute approximate surface area is 150 Å². The summed E-state index contributed by atoms with van der Waals surface area (Å²) in [5.74, 6) is 2.24. The van der Waals surface area contributed by atoms with Crippen LogP contribution in [0.15, 0.2) is 41.3 Å². The number of hydrogen-bond acceptors (Lipinski definition) is 5. The van der Waals surface area contributed by atoms with Crippen molar-refractivity contribution in [2.24, 2.45) is 0 Å². The van der Waals surface area contributed by atoms with Gasteiger partial charge in [0.25, 0.3) is 0 Å². The molecule has 0 unspecified atom stereocenters. The van der Waals surface area contributed by atoms with Crippen molar-refractivity contribution in [3.05, 3.63) is 47.5 Å². The second kappa shape index (κ2) is 6.88. The number of ether oxygens (including phenoxy) is 2. The first kappa shape index (κ1) is 16.1. The van der Waals surface area contributed by atoms with Crippen molar-refractivity contribution in [1.29, 1.82) is 0 Å². The lowest BCUT2D eigenvalue weighted by atomic mass is 9.99. The zero-order chi connectivity index (χ0) is 17.2. The van der Waals surface area contributed by atoms with E-state index >= 15 is 0 Å². The number of fused-ring (bicyclic) bond motifs is 2. The molecule has 0 saturated heterocycles. The first-order valence-corrected chi connectivity index (χ1v) is 9.28. The molecule has 2 heterocycles. The summed E-state index contributed by atoms with van der Waals surface area (Å²) in [5.41, 5.74) is 2.24. The quantitative estimate of drug-likeness (QED) is 0.856. The third-order valence-corrected chi connectivity index (χ3v) is 5.41. The number of nitrogens with zero attached hydrogens (tertiary/aromatic N) is 1. The number of carbonyl (C=O) groups excluding carboxylic acids is 1. The second-order valence-corrected chi connectivity index (χ2v) is 7.16. The summed E-state index contributed by atoms with van der Waals surface area (Å²) < 4.78 is 11.1. The predicted molar refractivity (Wildman–Crippen MR) is 95.4 cm³/mol. The molecule has 130 valence electrons. The minimum atomic E-state index is 0.105. The Morgan fingerprint density at radius 2 is 1.92 bits per heavy atom. The number of hydrogen-bond donors (Lipinski definition) is 1. The molecule has 2 aromatic carbocycles. The first-order valence-electron chi connectivity index (χ1n) is 8.30. The minimum Gasteiger partial charge on any atom is -0.508 e. The molecule has 0 bridgehead atoms. The van der Waals surface area contributed by atoms with Crippen LogP contribution in [-0.2, 0) is 17.8 Å². The second-order valence-electron chi connectivity index (χ2n) is 6.11. The normalized spacial score (nSPS) is 15.6. The lowest BCUT2D eigenvalue weighted by molar-refractivity contribution is -0.129. The van der Waals surface area contributed by atoms with Gasteiger partial charge < -0.3 is 19.5 Å². The molecule has 4 rings (SSSR count). The van der Waals surface area contributed by atoms with Crippen molar-refractivity contribution < 1.29 is 19.4 Å². The minimum absolute atomic E-state index is 0.105. The molecule has 2 aliphatic rings. The van der Waals surface area contributed by atoms with E-state index in [0.29, 0.717) is 25.5 Å². The number of aromatic hydroxyl groups is 1. The van der Waals surface area contributed by atoms with Crippen LogP contribution in [0.4, 0.5) is 0 Å². The van der Waals surface area contributed by atoms with Crippen LogP contribution in [0.3, 0.4) is 0 Å². The average Bonchev–Trinajstić information content (AvgIpc) is 2.65. The Kier molecular flexibility index (Phi) is 4.44. The summed E-state index contributed by atoms with van der Waals surface area (Å²) >= 11 is 1.50. The molecule has 0 radical (unpaired) electrons. The van der Waals surface area contributed by atoms with Crippen molar-refractivity contribution in [1.82, 2.24) is 4.90 Å². The predicted octanol–water partition coefficient (Wildman–Crippen LogP) is 2.84. The number of phenolic OH excluding ortho intramolecular Hbond substituents is 1. The molecule has 2 aromatic rings. The van der Waals surface area contributed by atoms with Crippen molar-refractivity contribution in [2.75, 3.05) is 25.5 Å². The maximum atomic E-state index is 12.5. The fourth-order valence-electron chi connectivity index (χ4n) is 3.11. The van der Waals surface area contributed by atoms with Crippen LogP contribution in [0.25, 0.3) is 0 Å². The molecule has 0 saturated carbocycles. The van der Waals surface area contributed by atoms with Crippen LogP contribution >= 0.6 is 11.8 Å². The smallest absolute Gasteiger partial charge is 0.233 e. The Bertz CT molecular complexity index is 808. The molecule has 1 N–H and O–H groups in total. The highest BCUT2D eigenvalue weighted by atomic mass is 32.2. The first-order chi connectivity index (χ1) is 12.2. The highest BCUT2D eigenvalue weighted by Gasteiger charge is 2.21. The molecule has 0 fully saturated rings. The van der Waals surface area contributed by atoms with Gasteiger partial charge in [-0.2, -0.15) is 0 Å². The molecule has 0 spiro atoms. The number of benzene rings is 2. The van der Waals surface area contributed by atoms with E-state index in [1.165, 1.54) is 17.3 Å². The number of thioether (sulfide) groups is 1. The molecular weight excluding hydrogens is 338 g/mol. The van der Waals surface area contributed by atoms with E-state index in [0.717, 1.165) is 34.9 Å². The van der Waals surface area contributed by atoms with Crippen LogP contribution in [0.5, 0.6) is 17.2 Å². The molecule has 0 aliphatic carbocycles. The molecule has 6 heteroatoms. The van der Waals surface area contributed by atoms with Crippen molar-refractivity contribution in [3.8, 4) is 17.2 Å². The van der Waals surface area contributed by atoms with Crippen molar-refractivity contribution >= 4 is 17.7 Å². The summed E-state index contributed by atoms with van der Waals surface area (Å²) in [6.45, 7) is 2.41. The SMILES string of the molecule is O=C(CSc1ccc2c(c1)OCCO2)N1CCc2ccc(O)cc2C1. The molecule has 2 aliphatic heterocycles. The fraction of sp³-hybridized carbons (Fsp3) is 0.316. The Hall–Kier alpha value is -2.34. The molecule has 0 aromatic heterocycles. The summed E-state index contributed by atoms with van der Waals surface area (Å²) in [7, 11) is 0. The summed E-state index contributed by atoms with van der Waals surface area (Å²) in [6, 6.07) is 11.2. The Morgan fingerprint density at radius 3 is 2.80 bits per heavy atom. The molecular formula is C19H19NO4S. The van der Waals surface area contributed by atoms with Gasteiger partial charge in [-0.05, 0) is 47.9 Å². The third-order valence-electron chi connectivity index (χ3n) is 4.43. The Balaban J connectivity index is 1.38. The van der Waals surface area contributed by atoms with Crippen molar-refractivity contribution in [2.45, 2.75) is 17.9 Å². The number of rotatable bonds is 3. The zero-order valence-corrected chi connectivity index (χ0v) is 14.6. The summed E-state index contributed by atoms with van der Waals surface area (Å²) in [5, 5.41) is 9.63. The number of carbonyl (C=O) groups is 1. The van der Waals surface area contributed by atoms with Gasteiger partial charge in [-0.1, -0.05) is 6.07 Å². The zero-order valence-electron chi connectivity index (χ0n) is 13.7. The lowest BCUT2D eigenvalue weighted by Crippen LogP contribution is -2.37. The van der Waals surface area contributed by atoms with E-state index < -0.39 is 0 Å². The van der Waals surface area contributed by atoms with E-state index in [1.54, 1.807) is 12.1 Å². The lowest BCUT2D eigenvalue weighted by Gasteiger charge is -2.29. The van der Waals surface area contributed by atoms with Gasteiger partial charge in [-0.15, -0.1) is 11.8 Å². The number of amides is 1. The van der Waals surface area contributed by atoms with Gasteiger partial charge in [0.2, 0.25) is 5.91 Å². The molecule has 0 atom stereocenters. The van der Waals surface area contributed by atoms with E-state index in [-0.39, 0.29) is 11.7 Å². The van der Waals surface area contributed by atoms with Crippen LogP contribution in [-0.4, -0.2) is 41.4 Å². The van der Waals surface area contributed by atoms with Gasteiger partial charge in [0, 0.05) is 18.0 Å². The van der Waals surface area contributed by atoms with Crippen LogP contribution in [0.2, 0.25) is 0 Å². The van der Waals surface area contributed by atoms with E-state index in [1.807, 2.05) is 29.2 Å². The third kappa shape index (κ3) is 3.54. The summed E-state index contributed by atoms with van der Waals surface area (Å²) in [6.07, 6.45) is 0.829. The van der Waals surface area contributed by atoms with Gasteiger partial charge in [0.05, 0.1) is 5.75 Å². The molecule has 1 amide bonds. The van der Waals surface area contributed by atoms with Gasteiger partial charge in [0.1, 0.15) is 19.0 Å².